The van der Waals surface area contributed by atoms with Gasteiger partial charge in [-0.25, -0.2) is 0 Å². The molecule has 0 atom stereocenters. The molecule has 2 aromatic rings. The molecule has 2 rings (SSSR count). The molecule has 1 aromatic carbocycles. The third kappa shape index (κ3) is 2.42. The van der Waals surface area contributed by atoms with Crippen LogP contribution in [0.2, 0.25) is 0 Å². The van der Waals surface area contributed by atoms with Gasteiger partial charge < -0.3 is 21.1 Å². The fraction of sp³-hybridized carbons (Fsp3) is 0.167. The molecule has 0 saturated carbocycles. The van der Waals surface area contributed by atoms with E-state index in [-0.39, 0.29) is 5.95 Å². The Balaban J connectivity index is 2.31. The van der Waals surface area contributed by atoms with Crippen LogP contribution in [0.3, 0.4) is 0 Å². The standard InChI is InChI=1S/C12H15N5O/c1-17(8-3-5-9(18-2)6-4-8)11-7-10(13)15-12(14)16-11/h3-7H,1-2H3,(H4,13,14,15,16). The molecule has 6 heteroatoms. The minimum absolute atomic E-state index is 0.158. The Bertz CT molecular complexity index is 520. The van der Waals surface area contributed by atoms with Crippen molar-refractivity contribution in [3.8, 4) is 5.75 Å². The summed E-state index contributed by atoms with van der Waals surface area (Å²) in [4.78, 5) is 9.84. The van der Waals surface area contributed by atoms with Crippen LogP contribution in [-0.4, -0.2) is 24.1 Å². The van der Waals surface area contributed by atoms with Gasteiger partial charge in [0.05, 0.1) is 7.11 Å². The SMILES string of the molecule is COc1ccc(N(C)c2cc(N)nc(N)n2)cc1. The highest BCUT2D eigenvalue weighted by atomic mass is 16.5. The summed E-state index contributed by atoms with van der Waals surface area (Å²) in [5, 5.41) is 0. The molecule has 0 spiro atoms. The van der Waals surface area contributed by atoms with Crippen molar-refractivity contribution in [3.63, 3.8) is 0 Å². The second-order valence-electron chi connectivity index (χ2n) is 3.77. The van der Waals surface area contributed by atoms with Gasteiger partial charge in [0.2, 0.25) is 5.95 Å². The highest BCUT2D eigenvalue weighted by Gasteiger charge is 2.07. The average Bonchev–Trinajstić information content (AvgIpc) is 2.37. The van der Waals surface area contributed by atoms with Crippen molar-refractivity contribution in [1.82, 2.24) is 9.97 Å². The minimum Gasteiger partial charge on any atom is -0.497 e. The van der Waals surface area contributed by atoms with E-state index in [2.05, 4.69) is 9.97 Å². The summed E-state index contributed by atoms with van der Waals surface area (Å²) < 4.78 is 5.11. The van der Waals surface area contributed by atoms with Crippen LogP contribution < -0.4 is 21.1 Å². The smallest absolute Gasteiger partial charge is 0.223 e. The Hall–Kier alpha value is -2.50. The highest BCUT2D eigenvalue weighted by Crippen LogP contribution is 2.25. The summed E-state index contributed by atoms with van der Waals surface area (Å²) in [6, 6.07) is 9.26. The maximum atomic E-state index is 5.64. The molecule has 4 N–H and O–H groups in total. The Kier molecular flexibility index (Phi) is 3.18. The molecular formula is C12H15N5O. The molecule has 0 unspecified atom stereocenters. The number of ether oxygens (including phenoxy) is 1. The molecule has 1 heterocycles. The Morgan fingerprint density at radius 1 is 1.11 bits per heavy atom. The number of hydrogen-bond acceptors (Lipinski definition) is 6. The lowest BCUT2D eigenvalue weighted by Crippen LogP contribution is -2.13. The van der Waals surface area contributed by atoms with Gasteiger partial charge in [-0.3, -0.25) is 0 Å². The van der Waals surface area contributed by atoms with Gasteiger partial charge in [-0.15, -0.1) is 0 Å². The third-order valence-electron chi connectivity index (χ3n) is 2.55. The minimum atomic E-state index is 0.158. The van der Waals surface area contributed by atoms with E-state index in [0.717, 1.165) is 11.4 Å². The van der Waals surface area contributed by atoms with Gasteiger partial charge in [0, 0.05) is 18.8 Å². The van der Waals surface area contributed by atoms with Gasteiger partial charge >= 0.3 is 0 Å². The number of aromatic nitrogens is 2. The van der Waals surface area contributed by atoms with E-state index in [1.807, 2.05) is 36.2 Å². The van der Waals surface area contributed by atoms with Crippen LogP contribution in [0.1, 0.15) is 0 Å². The first kappa shape index (κ1) is 12.0. The first-order valence-corrected chi connectivity index (χ1v) is 5.38. The van der Waals surface area contributed by atoms with Crippen molar-refractivity contribution in [2.24, 2.45) is 0 Å². The quantitative estimate of drug-likeness (QED) is 0.849. The fourth-order valence-corrected chi connectivity index (χ4v) is 1.58. The summed E-state index contributed by atoms with van der Waals surface area (Å²) in [5.41, 5.74) is 12.2. The summed E-state index contributed by atoms with van der Waals surface area (Å²) in [5.74, 6) is 1.95. The van der Waals surface area contributed by atoms with Crippen molar-refractivity contribution >= 4 is 23.3 Å². The number of benzene rings is 1. The zero-order valence-corrected chi connectivity index (χ0v) is 10.3. The topological polar surface area (TPSA) is 90.3 Å². The third-order valence-corrected chi connectivity index (χ3v) is 2.55. The second-order valence-corrected chi connectivity index (χ2v) is 3.77. The van der Waals surface area contributed by atoms with Crippen molar-refractivity contribution < 1.29 is 4.74 Å². The van der Waals surface area contributed by atoms with Gasteiger partial charge in [-0.2, -0.15) is 9.97 Å². The lowest BCUT2D eigenvalue weighted by molar-refractivity contribution is 0.415. The molecule has 0 bridgehead atoms. The molecule has 1 aromatic heterocycles. The van der Waals surface area contributed by atoms with Crippen LogP contribution in [0.5, 0.6) is 5.75 Å². The zero-order valence-electron chi connectivity index (χ0n) is 10.3. The molecular weight excluding hydrogens is 230 g/mol. The molecule has 0 amide bonds. The molecule has 0 radical (unpaired) electrons. The molecule has 0 aliphatic heterocycles. The predicted octanol–water partition coefficient (Wildman–Crippen LogP) is 1.42. The van der Waals surface area contributed by atoms with Crippen LogP contribution >= 0.6 is 0 Å². The number of methoxy groups -OCH3 is 1. The van der Waals surface area contributed by atoms with Crippen LogP contribution in [0.25, 0.3) is 0 Å². The molecule has 6 nitrogen and oxygen atoms in total. The van der Waals surface area contributed by atoms with Gasteiger partial charge in [-0.05, 0) is 24.3 Å². The lowest BCUT2D eigenvalue weighted by atomic mass is 10.3. The Morgan fingerprint density at radius 2 is 1.78 bits per heavy atom. The number of nitrogen functional groups attached to an aromatic ring is 2. The molecule has 0 fully saturated rings. The molecule has 0 aliphatic carbocycles. The number of anilines is 4. The van der Waals surface area contributed by atoms with Crippen LogP contribution in [0, 0.1) is 0 Å². The lowest BCUT2D eigenvalue weighted by Gasteiger charge is -2.18. The summed E-state index contributed by atoms with van der Waals surface area (Å²) >= 11 is 0. The predicted molar refractivity (Wildman–Crippen MR) is 71.9 cm³/mol. The monoisotopic (exact) mass is 245 g/mol. The Morgan fingerprint density at radius 3 is 2.33 bits per heavy atom. The summed E-state index contributed by atoms with van der Waals surface area (Å²) in [7, 11) is 3.51. The molecule has 0 saturated heterocycles. The van der Waals surface area contributed by atoms with Gasteiger partial charge in [0.25, 0.3) is 0 Å². The van der Waals surface area contributed by atoms with Crippen molar-refractivity contribution in [2.75, 3.05) is 30.5 Å². The number of hydrogen-bond donors (Lipinski definition) is 2. The van der Waals surface area contributed by atoms with Gasteiger partial charge in [0.15, 0.2) is 0 Å². The van der Waals surface area contributed by atoms with E-state index >= 15 is 0 Å². The molecule has 0 aliphatic rings. The van der Waals surface area contributed by atoms with E-state index in [1.54, 1.807) is 13.2 Å². The van der Waals surface area contributed by atoms with Crippen molar-refractivity contribution in [1.29, 1.82) is 0 Å². The van der Waals surface area contributed by atoms with E-state index in [1.165, 1.54) is 0 Å². The number of rotatable bonds is 3. The summed E-state index contributed by atoms with van der Waals surface area (Å²) in [6.45, 7) is 0. The molecule has 18 heavy (non-hydrogen) atoms. The van der Waals surface area contributed by atoms with Crippen LogP contribution in [-0.2, 0) is 0 Å². The van der Waals surface area contributed by atoms with E-state index in [9.17, 15) is 0 Å². The van der Waals surface area contributed by atoms with Crippen molar-refractivity contribution in [3.05, 3.63) is 30.3 Å². The van der Waals surface area contributed by atoms with Gasteiger partial charge in [-0.1, -0.05) is 0 Å². The Labute approximate surface area is 105 Å². The first-order chi connectivity index (χ1) is 8.60. The number of nitrogens with two attached hydrogens (primary N) is 2. The van der Waals surface area contributed by atoms with Crippen LogP contribution in [0.4, 0.5) is 23.3 Å². The summed E-state index contributed by atoms with van der Waals surface area (Å²) in [6.07, 6.45) is 0. The largest absolute Gasteiger partial charge is 0.497 e. The van der Waals surface area contributed by atoms with Crippen LogP contribution in [0.15, 0.2) is 30.3 Å². The maximum absolute atomic E-state index is 5.64. The average molecular weight is 245 g/mol. The first-order valence-electron chi connectivity index (χ1n) is 5.38. The zero-order chi connectivity index (χ0) is 13.1. The highest BCUT2D eigenvalue weighted by molar-refractivity contribution is 5.62. The van der Waals surface area contributed by atoms with E-state index in [4.69, 9.17) is 16.2 Å². The van der Waals surface area contributed by atoms with E-state index in [0.29, 0.717) is 11.6 Å². The second kappa shape index (κ2) is 4.79. The number of nitrogens with zero attached hydrogens (tertiary/aromatic N) is 3. The maximum Gasteiger partial charge on any atom is 0.223 e. The normalized spacial score (nSPS) is 10.1. The van der Waals surface area contributed by atoms with Gasteiger partial charge in [0.1, 0.15) is 17.4 Å². The van der Waals surface area contributed by atoms with Crippen molar-refractivity contribution in [2.45, 2.75) is 0 Å². The molecule has 94 valence electrons. The van der Waals surface area contributed by atoms with E-state index < -0.39 is 0 Å². The fourth-order valence-electron chi connectivity index (χ4n) is 1.58.